The largest absolute Gasteiger partial charge is 0.491 e. The van der Waals surface area contributed by atoms with Crippen molar-refractivity contribution < 1.29 is 19.4 Å². The standard InChI is InChI=1S/C21H29NO4/c1-15(2)17-8-4-5-9-18(17)26-14-16(23)13-22-19(24)12-21(20(22)25)10-6-3-7-11-21/h4-5,8-9,15-16,23H,3,6-7,10-14H2,1-2H3. The zero-order valence-corrected chi connectivity index (χ0v) is 15.7. The summed E-state index contributed by atoms with van der Waals surface area (Å²) in [4.78, 5) is 26.4. The first-order valence-electron chi connectivity index (χ1n) is 9.67. The Morgan fingerprint density at radius 2 is 1.85 bits per heavy atom. The zero-order valence-electron chi connectivity index (χ0n) is 15.7. The number of hydrogen-bond acceptors (Lipinski definition) is 4. The third kappa shape index (κ3) is 3.78. The van der Waals surface area contributed by atoms with E-state index in [4.69, 9.17) is 4.74 Å². The van der Waals surface area contributed by atoms with Crippen molar-refractivity contribution in [3.63, 3.8) is 0 Å². The molecule has 1 atom stereocenters. The van der Waals surface area contributed by atoms with Crippen LogP contribution in [0.5, 0.6) is 5.75 Å². The molecule has 1 spiro atoms. The third-order valence-electron chi connectivity index (χ3n) is 5.67. The van der Waals surface area contributed by atoms with Gasteiger partial charge >= 0.3 is 0 Å². The average molecular weight is 359 g/mol. The number of para-hydroxylation sites is 1. The first-order chi connectivity index (χ1) is 12.4. The van der Waals surface area contributed by atoms with Crippen molar-refractivity contribution in [2.45, 2.75) is 64.4 Å². The van der Waals surface area contributed by atoms with Crippen LogP contribution >= 0.6 is 0 Å². The van der Waals surface area contributed by atoms with Gasteiger partial charge in [0.2, 0.25) is 11.8 Å². The van der Waals surface area contributed by atoms with Gasteiger partial charge in [-0.2, -0.15) is 0 Å². The molecule has 1 unspecified atom stereocenters. The highest BCUT2D eigenvalue weighted by atomic mass is 16.5. The highest BCUT2D eigenvalue weighted by Crippen LogP contribution is 2.45. The van der Waals surface area contributed by atoms with Crippen LogP contribution in [0.1, 0.15) is 63.9 Å². The van der Waals surface area contributed by atoms with Crippen molar-refractivity contribution in [1.29, 1.82) is 0 Å². The summed E-state index contributed by atoms with van der Waals surface area (Å²) in [6.45, 7) is 4.25. The summed E-state index contributed by atoms with van der Waals surface area (Å²) in [6, 6.07) is 7.75. The average Bonchev–Trinajstić information content (AvgIpc) is 2.85. The van der Waals surface area contributed by atoms with E-state index in [0.29, 0.717) is 12.3 Å². The van der Waals surface area contributed by atoms with Gasteiger partial charge in [-0.05, 0) is 30.4 Å². The number of amides is 2. The molecule has 1 aromatic rings. The Hall–Kier alpha value is -1.88. The van der Waals surface area contributed by atoms with Gasteiger partial charge in [0.15, 0.2) is 0 Å². The molecule has 1 heterocycles. The van der Waals surface area contributed by atoms with Crippen molar-refractivity contribution in [3.05, 3.63) is 29.8 Å². The van der Waals surface area contributed by atoms with E-state index in [1.807, 2.05) is 24.3 Å². The number of likely N-dealkylation sites (tertiary alicyclic amines) is 1. The number of benzene rings is 1. The molecule has 1 aliphatic heterocycles. The molecule has 5 nitrogen and oxygen atoms in total. The first-order valence-corrected chi connectivity index (χ1v) is 9.67. The van der Waals surface area contributed by atoms with Gasteiger partial charge in [-0.3, -0.25) is 14.5 Å². The molecule has 3 rings (SSSR count). The molecule has 142 valence electrons. The van der Waals surface area contributed by atoms with Crippen LogP contribution in [-0.4, -0.2) is 41.1 Å². The number of β-amino-alcohol motifs (C(OH)–C–C–N with tert-alkyl or cyclic N) is 1. The van der Waals surface area contributed by atoms with Gasteiger partial charge in [0.05, 0.1) is 12.0 Å². The second-order valence-corrected chi connectivity index (χ2v) is 7.98. The van der Waals surface area contributed by atoms with Gasteiger partial charge in [-0.25, -0.2) is 0 Å². The molecule has 5 heteroatoms. The quantitative estimate of drug-likeness (QED) is 0.792. The fourth-order valence-electron chi connectivity index (χ4n) is 4.20. The fourth-order valence-corrected chi connectivity index (χ4v) is 4.20. The molecule has 0 aromatic heterocycles. The summed E-state index contributed by atoms with van der Waals surface area (Å²) in [5, 5.41) is 10.4. The predicted molar refractivity (Wildman–Crippen MR) is 98.9 cm³/mol. The van der Waals surface area contributed by atoms with Crippen LogP contribution in [0.25, 0.3) is 0 Å². The van der Waals surface area contributed by atoms with E-state index < -0.39 is 11.5 Å². The lowest BCUT2D eigenvalue weighted by Crippen LogP contribution is -2.42. The lowest BCUT2D eigenvalue weighted by atomic mass is 9.73. The molecule has 0 radical (unpaired) electrons. The second-order valence-electron chi connectivity index (χ2n) is 7.98. The summed E-state index contributed by atoms with van der Waals surface area (Å²) >= 11 is 0. The Labute approximate surface area is 155 Å². The molecule has 1 aromatic carbocycles. The van der Waals surface area contributed by atoms with Gasteiger partial charge in [0.25, 0.3) is 0 Å². The monoisotopic (exact) mass is 359 g/mol. The Kier molecular flexibility index (Phi) is 5.66. The lowest BCUT2D eigenvalue weighted by molar-refractivity contribution is -0.144. The van der Waals surface area contributed by atoms with E-state index in [1.54, 1.807) is 0 Å². The summed E-state index contributed by atoms with van der Waals surface area (Å²) in [7, 11) is 0. The molecule has 1 saturated carbocycles. The molecule has 0 bridgehead atoms. The number of aliphatic hydroxyl groups is 1. The van der Waals surface area contributed by atoms with E-state index in [-0.39, 0.29) is 25.0 Å². The Bertz CT molecular complexity index is 664. The number of nitrogens with zero attached hydrogens (tertiary/aromatic N) is 1. The molecule has 1 N–H and O–H groups in total. The molecule has 1 saturated heterocycles. The van der Waals surface area contributed by atoms with Crippen LogP contribution < -0.4 is 4.74 Å². The summed E-state index contributed by atoms with van der Waals surface area (Å²) < 4.78 is 5.78. The molecule has 2 aliphatic rings. The number of carbonyl (C=O) groups excluding carboxylic acids is 2. The minimum Gasteiger partial charge on any atom is -0.491 e. The maximum absolute atomic E-state index is 12.8. The lowest BCUT2D eigenvalue weighted by Gasteiger charge is -2.30. The minimum atomic E-state index is -0.887. The topological polar surface area (TPSA) is 66.8 Å². The van der Waals surface area contributed by atoms with E-state index >= 15 is 0 Å². The maximum atomic E-state index is 12.8. The SMILES string of the molecule is CC(C)c1ccccc1OCC(O)CN1C(=O)CC2(CCCCC2)C1=O. The Balaban J connectivity index is 1.59. The molecule has 2 amide bonds. The van der Waals surface area contributed by atoms with Gasteiger partial charge in [0.1, 0.15) is 18.5 Å². The normalized spacial score (nSPS) is 20.8. The second kappa shape index (κ2) is 7.78. The Morgan fingerprint density at radius 1 is 1.15 bits per heavy atom. The summed E-state index contributed by atoms with van der Waals surface area (Å²) in [5.41, 5.74) is 0.578. The van der Waals surface area contributed by atoms with E-state index in [0.717, 1.165) is 43.4 Å². The highest BCUT2D eigenvalue weighted by molar-refractivity contribution is 6.06. The summed E-state index contributed by atoms with van der Waals surface area (Å²) in [5.74, 6) is 0.808. The maximum Gasteiger partial charge on any atom is 0.235 e. The van der Waals surface area contributed by atoms with Crippen LogP contribution in [-0.2, 0) is 9.59 Å². The van der Waals surface area contributed by atoms with Crippen molar-refractivity contribution >= 4 is 11.8 Å². The number of aliphatic hydroxyl groups excluding tert-OH is 1. The van der Waals surface area contributed by atoms with Crippen LogP contribution in [0.3, 0.4) is 0 Å². The predicted octanol–water partition coefficient (Wildman–Crippen LogP) is 3.26. The first kappa shape index (κ1) is 18.9. The summed E-state index contributed by atoms with van der Waals surface area (Å²) in [6.07, 6.45) is 4.15. The molecular formula is C21H29NO4. The van der Waals surface area contributed by atoms with Crippen LogP contribution in [0.4, 0.5) is 0 Å². The van der Waals surface area contributed by atoms with Crippen molar-refractivity contribution in [3.8, 4) is 5.75 Å². The van der Waals surface area contributed by atoms with Gasteiger partial charge < -0.3 is 9.84 Å². The smallest absolute Gasteiger partial charge is 0.235 e. The minimum absolute atomic E-state index is 0.0171. The van der Waals surface area contributed by atoms with E-state index in [9.17, 15) is 14.7 Å². The number of imide groups is 1. The number of ether oxygens (including phenoxy) is 1. The van der Waals surface area contributed by atoms with Crippen LogP contribution in [0.15, 0.2) is 24.3 Å². The Morgan fingerprint density at radius 3 is 2.54 bits per heavy atom. The van der Waals surface area contributed by atoms with Crippen molar-refractivity contribution in [1.82, 2.24) is 4.90 Å². The van der Waals surface area contributed by atoms with Crippen molar-refractivity contribution in [2.75, 3.05) is 13.2 Å². The molecular weight excluding hydrogens is 330 g/mol. The molecule has 1 aliphatic carbocycles. The highest BCUT2D eigenvalue weighted by Gasteiger charge is 2.51. The number of carbonyl (C=O) groups is 2. The molecule has 26 heavy (non-hydrogen) atoms. The third-order valence-corrected chi connectivity index (χ3v) is 5.67. The number of hydrogen-bond donors (Lipinski definition) is 1. The zero-order chi connectivity index (χ0) is 18.7. The van der Waals surface area contributed by atoms with E-state index in [2.05, 4.69) is 13.8 Å². The van der Waals surface area contributed by atoms with Gasteiger partial charge in [-0.1, -0.05) is 51.3 Å². The van der Waals surface area contributed by atoms with E-state index in [1.165, 1.54) is 4.90 Å². The molecule has 2 fully saturated rings. The number of rotatable bonds is 6. The van der Waals surface area contributed by atoms with Crippen LogP contribution in [0.2, 0.25) is 0 Å². The van der Waals surface area contributed by atoms with Gasteiger partial charge in [0, 0.05) is 6.42 Å². The van der Waals surface area contributed by atoms with Crippen molar-refractivity contribution in [2.24, 2.45) is 5.41 Å². The fraction of sp³-hybridized carbons (Fsp3) is 0.619. The van der Waals surface area contributed by atoms with Gasteiger partial charge in [-0.15, -0.1) is 0 Å². The van der Waals surface area contributed by atoms with Crippen LogP contribution in [0, 0.1) is 5.41 Å².